The highest BCUT2D eigenvalue weighted by Gasteiger charge is 2.58. The summed E-state index contributed by atoms with van der Waals surface area (Å²) in [6.07, 6.45) is -0.0597. The normalized spacial score (nSPS) is 28.6. The van der Waals surface area contributed by atoms with Crippen molar-refractivity contribution < 1.29 is 45.8 Å². The van der Waals surface area contributed by atoms with Crippen molar-refractivity contribution in [3.63, 3.8) is 0 Å². The number of amides is 3. The van der Waals surface area contributed by atoms with E-state index in [0.29, 0.717) is 18.6 Å². The third kappa shape index (κ3) is 5.42. The van der Waals surface area contributed by atoms with Gasteiger partial charge in [-0.1, -0.05) is 18.5 Å². The van der Waals surface area contributed by atoms with Crippen LogP contribution in [0, 0.1) is 35.2 Å². The van der Waals surface area contributed by atoms with E-state index >= 15 is 0 Å². The largest absolute Gasteiger partial charge is 0.447 e. The van der Waals surface area contributed by atoms with Crippen molar-refractivity contribution in [3.8, 4) is 0 Å². The number of nitrogens with one attached hydrogen (secondary N) is 3. The van der Waals surface area contributed by atoms with Gasteiger partial charge in [-0.05, 0) is 55.2 Å². The van der Waals surface area contributed by atoms with Gasteiger partial charge in [-0.15, -0.1) is 0 Å². The Bertz CT molecular complexity index is 1550. The summed E-state index contributed by atoms with van der Waals surface area (Å²) in [5.74, 6) is -7.17. The van der Waals surface area contributed by atoms with Crippen molar-refractivity contribution >= 4 is 45.0 Å². The molecule has 3 fully saturated rings. The first-order valence-electron chi connectivity index (χ1n) is 13.1. The average Bonchev–Trinajstić information content (AvgIpc) is 3.39. The first-order chi connectivity index (χ1) is 19.7. The van der Waals surface area contributed by atoms with Gasteiger partial charge >= 0.3 is 6.09 Å². The van der Waals surface area contributed by atoms with E-state index in [1.54, 1.807) is 0 Å². The van der Waals surface area contributed by atoms with Crippen LogP contribution in [0.5, 0.6) is 0 Å². The van der Waals surface area contributed by atoms with E-state index in [4.69, 9.17) is 16.3 Å². The van der Waals surface area contributed by atoms with Crippen LogP contribution < -0.4 is 16.0 Å². The van der Waals surface area contributed by atoms with Crippen LogP contribution in [0.4, 0.5) is 23.7 Å². The van der Waals surface area contributed by atoms with Gasteiger partial charge in [0, 0.05) is 29.9 Å². The molecular formula is C27H27ClF3N3O7S. The third-order valence-corrected chi connectivity index (χ3v) is 11.1. The second-order valence-electron chi connectivity index (χ2n) is 11.0. The molecule has 4 N–H and O–H groups in total. The molecule has 3 amide bonds. The Morgan fingerprint density at radius 3 is 2.45 bits per heavy atom. The summed E-state index contributed by atoms with van der Waals surface area (Å²) in [6, 6.07) is 3.80. The monoisotopic (exact) mass is 629 g/mol. The summed E-state index contributed by atoms with van der Waals surface area (Å²) < 4.78 is 72.8. The molecule has 2 unspecified atom stereocenters. The summed E-state index contributed by atoms with van der Waals surface area (Å²) in [5.41, 5.74) is -1.92. The van der Waals surface area contributed by atoms with Crippen LogP contribution in [-0.4, -0.2) is 61.5 Å². The van der Waals surface area contributed by atoms with Crippen LogP contribution in [0.1, 0.15) is 36.5 Å². The molecule has 0 spiro atoms. The van der Waals surface area contributed by atoms with Gasteiger partial charge in [-0.2, -0.15) is 0 Å². The Morgan fingerprint density at radius 2 is 1.83 bits per heavy atom. The SMILES string of the molecule is C[C@H]1CC2C[C@@H](S(=O)(=O)c3cc(C(=O)Nc4cc(F)c(F)c(F)c4)ccc3Cl)CC1[C@@]2(O)CNC(=O)[C@H]1COC(=O)N1. The fourth-order valence-corrected chi connectivity index (χ4v) is 8.70. The molecule has 2 aromatic carbocycles. The molecule has 1 heterocycles. The smallest absolute Gasteiger partial charge is 0.407 e. The molecule has 10 nitrogen and oxygen atoms in total. The maximum atomic E-state index is 13.8. The van der Waals surface area contributed by atoms with Gasteiger partial charge in [0.1, 0.15) is 12.6 Å². The quantitative estimate of drug-likeness (QED) is 0.344. The molecule has 6 atom stereocenters. The number of carbonyl (C=O) groups excluding carboxylic acids is 3. The lowest BCUT2D eigenvalue weighted by molar-refractivity contribution is -0.126. The lowest BCUT2D eigenvalue weighted by Gasteiger charge is -2.43. The minimum Gasteiger partial charge on any atom is -0.447 e. The van der Waals surface area contributed by atoms with E-state index in [1.165, 1.54) is 12.1 Å². The molecule has 226 valence electrons. The molecule has 42 heavy (non-hydrogen) atoms. The minimum atomic E-state index is -4.13. The number of benzene rings is 2. The van der Waals surface area contributed by atoms with Crippen molar-refractivity contribution in [2.24, 2.45) is 17.8 Å². The van der Waals surface area contributed by atoms with Crippen molar-refractivity contribution in [2.75, 3.05) is 18.5 Å². The predicted octanol–water partition coefficient (Wildman–Crippen LogP) is 3.17. The zero-order valence-corrected chi connectivity index (χ0v) is 23.7. The number of halogens is 4. The van der Waals surface area contributed by atoms with E-state index in [-0.39, 0.29) is 53.1 Å². The molecule has 1 saturated heterocycles. The lowest BCUT2D eigenvalue weighted by atomic mass is 9.73. The summed E-state index contributed by atoms with van der Waals surface area (Å²) in [6.45, 7) is 1.63. The van der Waals surface area contributed by atoms with E-state index in [1.807, 2.05) is 6.92 Å². The fourth-order valence-electron chi connectivity index (χ4n) is 6.33. The minimum absolute atomic E-state index is 0.0595. The van der Waals surface area contributed by atoms with Crippen LogP contribution in [0.15, 0.2) is 35.2 Å². The van der Waals surface area contributed by atoms with Gasteiger partial charge in [-0.25, -0.2) is 26.4 Å². The van der Waals surface area contributed by atoms with E-state index in [2.05, 4.69) is 16.0 Å². The fraction of sp³-hybridized carbons (Fsp3) is 0.444. The van der Waals surface area contributed by atoms with Crippen LogP contribution in [0.25, 0.3) is 0 Å². The first kappa shape index (κ1) is 30.1. The second-order valence-corrected chi connectivity index (χ2v) is 13.6. The van der Waals surface area contributed by atoms with Crippen LogP contribution >= 0.6 is 11.6 Å². The number of ether oxygens (including phenoxy) is 1. The number of sulfone groups is 1. The molecular weight excluding hydrogens is 603 g/mol. The molecule has 5 rings (SSSR count). The van der Waals surface area contributed by atoms with Gasteiger partial charge in [0.2, 0.25) is 5.91 Å². The number of anilines is 1. The molecule has 15 heteroatoms. The van der Waals surface area contributed by atoms with Crippen molar-refractivity contribution in [1.29, 1.82) is 0 Å². The Kier molecular flexibility index (Phi) is 7.92. The number of hydrogen-bond donors (Lipinski definition) is 4. The number of fused-ring (bicyclic) bond motifs is 2. The highest BCUT2D eigenvalue weighted by molar-refractivity contribution is 7.92. The zero-order chi connectivity index (χ0) is 30.6. The summed E-state index contributed by atoms with van der Waals surface area (Å²) in [5, 5.41) is 17.8. The van der Waals surface area contributed by atoms with E-state index in [0.717, 1.165) is 6.07 Å². The summed E-state index contributed by atoms with van der Waals surface area (Å²) in [7, 11) is -4.13. The third-order valence-electron chi connectivity index (χ3n) is 8.47. The molecule has 0 aromatic heterocycles. The lowest BCUT2D eigenvalue weighted by Crippen LogP contribution is -2.57. The van der Waals surface area contributed by atoms with Gasteiger partial charge in [0.05, 0.1) is 20.8 Å². The standard InChI is InChI=1S/C27H27ClF3N3O7S/c1-12-4-14-6-16(9-17(12)27(14,38)11-32-25(36)21-10-41-26(37)34-21)42(39,40)22-5-13(2-3-18(22)28)24(35)33-15-7-19(29)23(31)20(30)8-15/h2-3,5,7-8,12,14,16-17,21,38H,4,6,9-11H2,1H3,(H,32,36)(H,33,35)(H,34,37)/t12-,14?,16+,17?,21+,27+/m0/s1. The maximum Gasteiger partial charge on any atom is 0.407 e. The van der Waals surface area contributed by atoms with Crippen molar-refractivity contribution in [1.82, 2.24) is 10.6 Å². The van der Waals surface area contributed by atoms with Gasteiger partial charge in [0.25, 0.3) is 5.91 Å². The maximum absolute atomic E-state index is 13.8. The Labute approximate surface area is 243 Å². The Hall–Kier alpha value is -3.36. The summed E-state index contributed by atoms with van der Waals surface area (Å²) >= 11 is 6.27. The second kappa shape index (κ2) is 11.0. The number of hydrogen-bond acceptors (Lipinski definition) is 7. The average molecular weight is 630 g/mol. The van der Waals surface area contributed by atoms with E-state index in [9.17, 15) is 41.1 Å². The molecule has 2 aromatic rings. The van der Waals surface area contributed by atoms with Gasteiger partial charge in [0.15, 0.2) is 27.3 Å². The highest BCUT2D eigenvalue weighted by Crippen LogP contribution is 2.54. The molecule has 2 saturated carbocycles. The predicted molar refractivity (Wildman–Crippen MR) is 143 cm³/mol. The van der Waals surface area contributed by atoms with Gasteiger partial charge < -0.3 is 25.8 Å². The number of aliphatic hydroxyl groups is 1. The number of cyclic esters (lactones) is 1. The Balaban J connectivity index is 1.33. The van der Waals surface area contributed by atoms with Crippen LogP contribution in [0.2, 0.25) is 5.02 Å². The van der Waals surface area contributed by atoms with Crippen LogP contribution in [0.3, 0.4) is 0 Å². The Morgan fingerprint density at radius 1 is 1.14 bits per heavy atom. The summed E-state index contributed by atoms with van der Waals surface area (Å²) in [4.78, 5) is 36.2. The van der Waals surface area contributed by atoms with Gasteiger partial charge in [-0.3, -0.25) is 9.59 Å². The molecule has 2 aliphatic carbocycles. The number of rotatable bonds is 7. The number of alkyl carbamates (subject to hydrolysis) is 1. The molecule has 0 radical (unpaired) electrons. The zero-order valence-electron chi connectivity index (χ0n) is 22.1. The topological polar surface area (TPSA) is 151 Å². The molecule has 1 aliphatic heterocycles. The molecule has 2 bridgehead atoms. The van der Waals surface area contributed by atoms with Crippen LogP contribution in [-0.2, 0) is 19.4 Å². The highest BCUT2D eigenvalue weighted by atomic mass is 35.5. The van der Waals surface area contributed by atoms with Crippen molar-refractivity contribution in [3.05, 3.63) is 58.4 Å². The molecule has 3 aliphatic rings. The first-order valence-corrected chi connectivity index (χ1v) is 15.1. The number of carbonyl (C=O) groups is 3. The van der Waals surface area contributed by atoms with E-state index < -0.39 is 73.9 Å². The van der Waals surface area contributed by atoms with Crippen molar-refractivity contribution in [2.45, 2.75) is 48.0 Å².